The second kappa shape index (κ2) is 6.29. The quantitative estimate of drug-likeness (QED) is 0.325. The Hall–Kier alpha value is -2.92. The first-order valence-corrected chi connectivity index (χ1v) is 10.5. The molecular weight excluding hydrogens is 402 g/mol. The summed E-state index contributed by atoms with van der Waals surface area (Å²) in [5.41, 5.74) is 0.819. The maximum atomic E-state index is 13.2. The number of rotatable bonds is 3. The van der Waals surface area contributed by atoms with Gasteiger partial charge in [0.15, 0.2) is 0 Å². The van der Waals surface area contributed by atoms with Crippen LogP contribution >= 0.6 is 11.6 Å². The maximum absolute atomic E-state index is 13.2. The molecule has 2 saturated carbocycles. The lowest BCUT2D eigenvalue weighted by atomic mass is 9.63. The zero-order valence-corrected chi connectivity index (χ0v) is 16.7. The molecule has 1 saturated heterocycles. The smallest absolute Gasteiger partial charge is 0.343 e. The number of anilines is 1. The Balaban J connectivity index is 1.27. The van der Waals surface area contributed by atoms with E-state index in [0.717, 1.165) is 6.42 Å². The number of carbonyl (C=O) groups is 3. The molecule has 6 atom stereocenters. The molecule has 30 heavy (non-hydrogen) atoms. The van der Waals surface area contributed by atoms with Gasteiger partial charge >= 0.3 is 5.97 Å². The van der Waals surface area contributed by atoms with E-state index in [0.29, 0.717) is 28.1 Å². The number of hydrogen-bond acceptors (Lipinski definition) is 4. The minimum atomic E-state index is -0.529. The number of imide groups is 1. The predicted molar refractivity (Wildman–Crippen MR) is 110 cm³/mol. The molecule has 3 fully saturated rings. The van der Waals surface area contributed by atoms with Gasteiger partial charge in [-0.15, -0.1) is 0 Å². The first-order chi connectivity index (χ1) is 14.5. The Labute approximate surface area is 178 Å². The number of allylic oxidation sites excluding steroid dienone is 2. The summed E-state index contributed by atoms with van der Waals surface area (Å²) in [5, 5.41) is 0.530. The summed E-state index contributed by atoms with van der Waals surface area (Å²) in [5.74, 6) is 0.467. The van der Waals surface area contributed by atoms with Crippen LogP contribution in [0.15, 0.2) is 60.7 Å². The standard InChI is InChI=1S/C24H18ClNO4/c25-13-6-4-12(5-7-13)24(29)30-15-3-1-2-14(10-15)26-22(27)20-16-8-9-17(19-11-18(16)19)21(20)23(26)28/h1-10,16-21H,11H2/t16-,17+,18-,19-,20+,21-/m1/s1. The van der Waals surface area contributed by atoms with Crippen molar-refractivity contribution in [2.45, 2.75) is 6.42 Å². The highest BCUT2D eigenvalue weighted by Crippen LogP contribution is 2.65. The van der Waals surface area contributed by atoms with E-state index in [4.69, 9.17) is 16.3 Å². The minimum absolute atomic E-state index is 0.129. The second-order valence-corrected chi connectivity index (χ2v) is 9.00. The molecular formula is C24H18ClNO4. The molecule has 2 amide bonds. The van der Waals surface area contributed by atoms with Crippen molar-refractivity contribution in [3.05, 3.63) is 71.3 Å². The lowest BCUT2D eigenvalue weighted by molar-refractivity contribution is -0.124. The van der Waals surface area contributed by atoms with E-state index in [1.165, 1.54) is 4.90 Å². The molecule has 1 aliphatic heterocycles. The summed E-state index contributed by atoms with van der Waals surface area (Å²) in [7, 11) is 0. The SMILES string of the molecule is O=C(Oc1cccc(N2C(=O)[C@@H]3[C@H]4C=C[C@H]([C@H]5C[C@H]45)[C@@H]3C2=O)c1)c1ccc(Cl)cc1. The molecule has 2 aromatic carbocycles. The number of ether oxygens (including phenoxy) is 1. The van der Waals surface area contributed by atoms with Crippen LogP contribution in [0.1, 0.15) is 16.8 Å². The fourth-order valence-electron chi connectivity index (χ4n) is 5.65. The number of benzene rings is 2. The molecule has 0 N–H and O–H groups in total. The highest BCUT2D eigenvalue weighted by Gasteiger charge is 2.67. The number of carbonyl (C=O) groups excluding carboxylic acids is 3. The van der Waals surface area contributed by atoms with Gasteiger partial charge in [0, 0.05) is 11.1 Å². The largest absolute Gasteiger partial charge is 0.423 e. The van der Waals surface area contributed by atoms with E-state index >= 15 is 0 Å². The van der Waals surface area contributed by atoms with E-state index in [1.807, 2.05) is 0 Å². The Morgan fingerprint density at radius 1 is 0.933 bits per heavy atom. The van der Waals surface area contributed by atoms with E-state index in [1.54, 1.807) is 48.5 Å². The molecule has 2 bridgehead atoms. The van der Waals surface area contributed by atoms with Crippen LogP contribution in [0, 0.1) is 35.5 Å². The Bertz CT molecular complexity index is 1090. The van der Waals surface area contributed by atoms with Crippen molar-refractivity contribution in [3.8, 4) is 5.75 Å². The summed E-state index contributed by atoms with van der Waals surface area (Å²) >= 11 is 5.86. The van der Waals surface area contributed by atoms with Crippen LogP contribution < -0.4 is 9.64 Å². The number of amides is 2. The van der Waals surface area contributed by atoms with E-state index in [-0.39, 0.29) is 41.2 Å². The van der Waals surface area contributed by atoms with Gasteiger partial charge in [-0.05, 0) is 66.5 Å². The van der Waals surface area contributed by atoms with Gasteiger partial charge in [-0.2, -0.15) is 0 Å². The van der Waals surface area contributed by atoms with Gasteiger partial charge in [0.1, 0.15) is 5.75 Å². The third-order valence-electron chi connectivity index (χ3n) is 7.03. The summed E-state index contributed by atoms with van der Waals surface area (Å²) in [4.78, 5) is 40.2. The van der Waals surface area contributed by atoms with Crippen molar-refractivity contribution < 1.29 is 19.1 Å². The Morgan fingerprint density at radius 3 is 2.20 bits per heavy atom. The third kappa shape index (κ3) is 2.51. The summed E-state index contributed by atoms with van der Waals surface area (Å²) in [6.07, 6.45) is 5.43. The van der Waals surface area contributed by atoms with Gasteiger partial charge < -0.3 is 4.74 Å². The molecule has 7 rings (SSSR count). The van der Waals surface area contributed by atoms with Crippen LogP contribution in [0.3, 0.4) is 0 Å². The molecule has 2 aromatic rings. The lowest BCUT2D eigenvalue weighted by Gasteiger charge is -2.37. The number of halogens is 1. The van der Waals surface area contributed by atoms with Crippen molar-refractivity contribution in [1.82, 2.24) is 0 Å². The van der Waals surface area contributed by atoms with Gasteiger partial charge in [0.05, 0.1) is 23.1 Å². The van der Waals surface area contributed by atoms with Crippen molar-refractivity contribution in [1.29, 1.82) is 0 Å². The molecule has 6 heteroatoms. The van der Waals surface area contributed by atoms with Crippen LogP contribution in [-0.2, 0) is 9.59 Å². The van der Waals surface area contributed by atoms with Crippen LogP contribution in [0.2, 0.25) is 5.02 Å². The normalized spacial score (nSPS) is 32.8. The van der Waals surface area contributed by atoms with Crippen molar-refractivity contribution in [2.24, 2.45) is 35.5 Å². The topological polar surface area (TPSA) is 63.7 Å². The third-order valence-corrected chi connectivity index (χ3v) is 7.28. The summed E-state index contributed by atoms with van der Waals surface area (Å²) in [6, 6.07) is 13.0. The van der Waals surface area contributed by atoms with Crippen LogP contribution in [-0.4, -0.2) is 17.8 Å². The van der Waals surface area contributed by atoms with Crippen LogP contribution in [0.4, 0.5) is 5.69 Å². The Kier molecular flexibility index (Phi) is 3.75. The molecule has 4 aliphatic carbocycles. The fraction of sp³-hybridized carbons (Fsp3) is 0.292. The van der Waals surface area contributed by atoms with E-state index in [2.05, 4.69) is 12.2 Å². The highest BCUT2D eigenvalue weighted by molar-refractivity contribution is 6.30. The number of nitrogens with zero attached hydrogens (tertiary/aromatic N) is 1. The average molecular weight is 420 g/mol. The van der Waals surface area contributed by atoms with Crippen molar-refractivity contribution >= 4 is 35.1 Å². The van der Waals surface area contributed by atoms with Crippen LogP contribution in [0.25, 0.3) is 0 Å². The number of hydrogen-bond donors (Lipinski definition) is 0. The number of esters is 1. The predicted octanol–water partition coefficient (Wildman–Crippen LogP) is 4.12. The highest BCUT2D eigenvalue weighted by atomic mass is 35.5. The monoisotopic (exact) mass is 419 g/mol. The first-order valence-electron chi connectivity index (χ1n) is 10.2. The van der Waals surface area contributed by atoms with Gasteiger partial charge in [0.2, 0.25) is 11.8 Å². The molecule has 1 heterocycles. The molecule has 5 aliphatic rings. The zero-order valence-electron chi connectivity index (χ0n) is 15.9. The second-order valence-electron chi connectivity index (χ2n) is 8.56. The minimum Gasteiger partial charge on any atom is -0.423 e. The average Bonchev–Trinajstić information content (AvgIpc) is 3.52. The van der Waals surface area contributed by atoms with Gasteiger partial charge in [-0.1, -0.05) is 29.8 Å². The van der Waals surface area contributed by atoms with Gasteiger partial charge in [0.25, 0.3) is 0 Å². The fourth-order valence-corrected chi connectivity index (χ4v) is 5.78. The molecule has 0 radical (unpaired) electrons. The van der Waals surface area contributed by atoms with Crippen molar-refractivity contribution in [3.63, 3.8) is 0 Å². The molecule has 0 spiro atoms. The van der Waals surface area contributed by atoms with E-state index in [9.17, 15) is 14.4 Å². The molecule has 0 unspecified atom stereocenters. The maximum Gasteiger partial charge on any atom is 0.343 e. The zero-order chi connectivity index (χ0) is 20.6. The van der Waals surface area contributed by atoms with E-state index < -0.39 is 5.97 Å². The van der Waals surface area contributed by atoms with Gasteiger partial charge in [-0.3, -0.25) is 9.59 Å². The first kappa shape index (κ1) is 17.9. The van der Waals surface area contributed by atoms with Crippen LogP contribution in [0.5, 0.6) is 5.75 Å². The summed E-state index contributed by atoms with van der Waals surface area (Å²) < 4.78 is 5.46. The molecule has 150 valence electrons. The lowest BCUT2D eigenvalue weighted by Crippen LogP contribution is -2.40. The molecule has 0 aromatic heterocycles. The summed E-state index contributed by atoms with van der Waals surface area (Å²) in [6.45, 7) is 0. The van der Waals surface area contributed by atoms with Crippen molar-refractivity contribution in [2.75, 3.05) is 4.90 Å². The Morgan fingerprint density at radius 2 is 1.57 bits per heavy atom. The van der Waals surface area contributed by atoms with Gasteiger partial charge in [-0.25, -0.2) is 9.69 Å². The molecule has 5 nitrogen and oxygen atoms in total.